The van der Waals surface area contributed by atoms with Crippen molar-refractivity contribution in [3.8, 4) is 0 Å². The molecule has 0 aromatic carbocycles. The molecule has 2 atom stereocenters. The molecule has 0 radical (unpaired) electrons. The van der Waals surface area contributed by atoms with Crippen LogP contribution < -0.4 is 0 Å². The van der Waals surface area contributed by atoms with Crippen LogP contribution in [-0.4, -0.2) is 35.5 Å². The number of carbonyl (C=O) groups excluding carboxylic acids is 1. The van der Waals surface area contributed by atoms with Gasteiger partial charge in [0, 0.05) is 5.57 Å². The molecule has 0 amide bonds. The van der Waals surface area contributed by atoms with Crippen molar-refractivity contribution >= 4 is 5.97 Å². The van der Waals surface area contributed by atoms with Crippen LogP contribution in [0, 0.1) is 0 Å². The zero-order chi connectivity index (χ0) is 14.4. The maximum Gasteiger partial charge on any atom is 0.333 e. The number of carbonyl (C=O) groups is 1. The Kier molecular flexibility index (Phi) is 6.57. The minimum Gasteiger partial charge on any atom is -0.459 e. The lowest BCUT2D eigenvalue weighted by Gasteiger charge is -2.20. The Morgan fingerprint density at radius 3 is 2.28 bits per heavy atom. The number of esters is 1. The summed E-state index contributed by atoms with van der Waals surface area (Å²) in [5, 5.41) is 9.45. The fourth-order valence-corrected chi connectivity index (χ4v) is 0.774. The third kappa shape index (κ3) is 7.45. The molecule has 18 heavy (non-hydrogen) atoms. The summed E-state index contributed by atoms with van der Waals surface area (Å²) in [6.45, 7) is 13.7. The molecule has 4 nitrogen and oxygen atoms in total. The third-order valence-corrected chi connectivity index (χ3v) is 3.01. The molecule has 106 valence electrons. The largest absolute Gasteiger partial charge is 0.459 e. The highest BCUT2D eigenvalue weighted by Gasteiger charge is 2.36. The predicted molar refractivity (Wildman–Crippen MR) is 71.3 cm³/mol. The van der Waals surface area contributed by atoms with E-state index in [2.05, 4.69) is 20.4 Å². The number of ether oxygens (including phenoxy) is 2. The van der Waals surface area contributed by atoms with E-state index in [4.69, 9.17) is 9.47 Å². The highest BCUT2D eigenvalue weighted by molar-refractivity contribution is 5.86. The van der Waals surface area contributed by atoms with E-state index in [0.29, 0.717) is 17.6 Å². The molecule has 1 N–H and O–H groups in total. The maximum absolute atomic E-state index is 10.9. The van der Waals surface area contributed by atoms with Gasteiger partial charge < -0.3 is 14.6 Å². The highest BCUT2D eigenvalue weighted by atomic mass is 16.6. The fraction of sp³-hybridized carbons (Fsp3) is 0.786. The van der Waals surface area contributed by atoms with Gasteiger partial charge >= 0.3 is 5.97 Å². The van der Waals surface area contributed by atoms with Crippen LogP contribution in [0.15, 0.2) is 12.2 Å². The standard InChI is InChI=1S/C9H16O3.C5H10O/c1-5-9(4,11)6-12-8(10)7(2)3;1-3-5(2)4-6-5/h11H,2,5-6H2,1,3-4H3;3-4H2,1-2H3. The van der Waals surface area contributed by atoms with E-state index in [1.54, 1.807) is 13.8 Å². The van der Waals surface area contributed by atoms with E-state index < -0.39 is 11.6 Å². The topological polar surface area (TPSA) is 59.1 Å². The SMILES string of the molecule is C=C(C)C(=O)OCC(C)(O)CC.CCC1(C)CO1. The van der Waals surface area contributed by atoms with Gasteiger partial charge in [-0.3, -0.25) is 0 Å². The Morgan fingerprint density at radius 2 is 2.06 bits per heavy atom. The van der Waals surface area contributed by atoms with E-state index in [9.17, 15) is 9.90 Å². The van der Waals surface area contributed by atoms with Crippen LogP contribution in [0.4, 0.5) is 0 Å². The zero-order valence-corrected chi connectivity index (χ0v) is 12.2. The van der Waals surface area contributed by atoms with Gasteiger partial charge in [0.15, 0.2) is 0 Å². The third-order valence-electron chi connectivity index (χ3n) is 3.01. The molecular formula is C14H26O4. The predicted octanol–water partition coefficient (Wildman–Crippen LogP) is 2.45. The van der Waals surface area contributed by atoms with Gasteiger partial charge in [0.25, 0.3) is 0 Å². The molecule has 0 bridgehead atoms. The number of epoxide rings is 1. The van der Waals surface area contributed by atoms with E-state index in [0.717, 1.165) is 13.0 Å². The fourth-order valence-electron chi connectivity index (χ4n) is 0.774. The Bertz CT molecular complexity index is 290. The van der Waals surface area contributed by atoms with Crippen molar-refractivity contribution in [2.45, 2.75) is 58.7 Å². The first-order valence-electron chi connectivity index (χ1n) is 6.35. The molecule has 1 aliphatic heterocycles. The second-order valence-corrected chi connectivity index (χ2v) is 5.30. The molecule has 0 saturated carbocycles. The number of aliphatic hydroxyl groups is 1. The first kappa shape index (κ1) is 17.1. The van der Waals surface area contributed by atoms with E-state index in [1.165, 1.54) is 0 Å². The normalized spacial score (nSPS) is 24.3. The van der Waals surface area contributed by atoms with Gasteiger partial charge in [0.1, 0.15) is 6.61 Å². The van der Waals surface area contributed by atoms with Crippen LogP contribution in [0.2, 0.25) is 0 Å². The van der Waals surface area contributed by atoms with Crippen molar-refractivity contribution < 1.29 is 19.4 Å². The zero-order valence-electron chi connectivity index (χ0n) is 12.2. The van der Waals surface area contributed by atoms with Gasteiger partial charge in [0.05, 0.1) is 17.8 Å². The average molecular weight is 258 g/mol. The van der Waals surface area contributed by atoms with Gasteiger partial charge in [-0.15, -0.1) is 0 Å². The second-order valence-electron chi connectivity index (χ2n) is 5.30. The van der Waals surface area contributed by atoms with Crippen molar-refractivity contribution in [1.82, 2.24) is 0 Å². The van der Waals surface area contributed by atoms with Gasteiger partial charge in [-0.05, 0) is 33.6 Å². The van der Waals surface area contributed by atoms with E-state index in [1.807, 2.05) is 6.92 Å². The maximum atomic E-state index is 10.9. The second kappa shape index (κ2) is 6.90. The Labute approximate surface area is 110 Å². The summed E-state index contributed by atoms with van der Waals surface area (Å²) in [7, 11) is 0. The van der Waals surface area contributed by atoms with E-state index >= 15 is 0 Å². The van der Waals surface area contributed by atoms with Crippen LogP contribution in [0.3, 0.4) is 0 Å². The summed E-state index contributed by atoms with van der Waals surface area (Å²) in [4.78, 5) is 10.9. The van der Waals surface area contributed by atoms with Crippen molar-refractivity contribution in [1.29, 1.82) is 0 Å². The lowest BCUT2D eigenvalue weighted by molar-refractivity contribution is -0.146. The molecule has 4 heteroatoms. The smallest absolute Gasteiger partial charge is 0.333 e. The Morgan fingerprint density at radius 1 is 1.56 bits per heavy atom. The number of hydrogen-bond donors (Lipinski definition) is 1. The van der Waals surface area contributed by atoms with Crippen LogP contribution in [0.1, 0.15) is 47.5 Å². The van der Waals surface area contributed by atoms with Crippen molar-refractivity contribution in [2.75, 3.05) is 13.2 Å². The van der Waals surface area contributed by atoms with Gasteiger partial charge in [0.2, 0.25) is 0 Å². The number of hydrogen-bond acceptors (Lipinski definition) is 4. The summed E-state index contributed by atoms with van der Waals surface area (Å²) in [5.74, 6) is -0.455. The Hall–Kier alpha value is -0.870. The average Bonchev–Trinajstić information content (AvgIpc) is 3.06. The summed E-state index contributed by atoms with van der Waals surface area (Å²) < 4.78 is 9.82. The van der Waals surface area contributed by atoms with Crippen LogP contribution >= 0.6 is 0 Å². The Balaban J connectivity index is 0.000000397. The van der Waals surface area contributed by atoms with Crippen LogP contribution in [0.5, 0.6) is 0 Å². The van der Waals surface area contributed by atoms with Crippen molar-refractivity contribution in [3.63, 3.8) is 0 Å². The summed E-state index contributed by atoms with van der Waals surface area (Å²) in [6.07, 6.45) is 1.71. The van der Waals surface area contributed by atoms with Crippen LogP contribution in [-0.2, 0) is 14.3 Å². The summed E-state index contributed by atoms with van der Waals surface area (Å²) >= 11 is 0. The van der Waals surface area contributed by atoms with E-state index in [-0.39, 0.29) is 6.61 Å². The lowest BCUT2D eigenvalue weighted by atomic mass is 10.1. The minimum absolute atomic E-state index is 0.0230. The molecule has 0 aliphatic carbocycles. The molecule has 1 heterocycles. The summed E-state index contributed by atoms with van der Waals surface area (Å²) in [6, 6.07) is 0. The summed E-state index contributed by atoms with van der Waals surface area (Å²) in [5.41, 5.74) is -0.285. The van der Waals surface area contributed by atoms with Gasteiger partial charge in [-0.1, -0.05) is 20.4 Å². The minimum atomic E-state index is -0.925. The molecule has 1 aliphatic rings. The highest BCUT2D eigenvalue weighted by Crippen LogP contribution is 2.28. The molecule has 1 rings (SSSR count). The van der Waals surface area contributed by atoms with Crippen LogP contribution in [0.25, 0.3) is 0 Å². The quantitative estimate of drug-likeness (QED) is 0.467. The lowest BCUT2D eigenvalue weighted by Crippen LogP contribution is -2.31. The van der Waals surface area contributed by atoms with Gasteiger partial charge in [-0.2, -0.15) is 0 Å². The molecular weight excluding hydrogens is 232 g/mol. The molecule has 1 saturated heterocycles. The van der Waals surface area contributed by atoms with Crippen molar-refractivity contribution in [3.05, 3.63) is 12.2 Å². The number of rotatable bonds is 5. The molecule has 0 aromatic rings. The monoisotopic (exact) mass is 258 g/mol. The molecule has 0 spiro atoms. The van der Waals surface area contributed by atoms with Crippen molar-refractivity contribution in [2.24, 2.45) is 0 Å². The first-order valence-corrected chi connectivity index (χ1v) is 6.35. The van der Waals surface area contributed by atoms with Gasteiger partial charge in [-0.25, -0.2) is 4.79 Å². The molecule has 1 fully saturated rings. The molecule has 2 unspecified atom stereocenters. The molecule has 0 aromatic heterocycles. The first-order chi connectivity index (χ1) is 8.16.